The third kappa shape index (κ3) is 6.13. The lowest BCUT2D eigenvalue weighted by Gasteiger charge is -2.38. The van der Waals surface area contributed by atoms with Gasteiger partial charge < -0.3 is 19.9 Å². The summed E-state index contributed by atoms with van der Waals surface area (Å²) >= 11 is 0. The van der Waals surface area contributed by atoms with Crippen LogP contribution in [0.2, 0.25) is 0 Å². The fraction of sp³-hybridized carbons (Fsp3) is 0.560. The number of rotatable bonds is 6. The number of alkyl halides is 3. The van der Waals surface area contributed by atoms with Crippen molar-refractivity contribution in [2.45, 2.75) is 63.3 Å². The van der Waals surface area contributed by atoms with Crippen molar-refractivity contribution in [2.24, 2.45) is 0 Å². The number of carbonyl (C=O) groups excluding carboxylic acids is 1. The molecule has 1 atom stereocenters. The fourth-order valence-electron chi connectivity index (χ4n) is 4.99. The quantitative estimate of drug-likeness (QED) is 0.647. The number of benzene rings is 1. The predicted molar refractivity (Wildman–Crippen MR) is 124 cm³/mol. The summed E-state index contributed by atoms with van der Waals surface area (Å²) in [7, 11) is 0. The molecule has 0 spiro atoms. The molecule has 2 fully saturated rings. The number of amides is 2. The zero-order chi connectivity index (χ0) is 24.1. The molecule has 0 aliphatic carbocycles. The number of halogens is 3. The van der Waals surface area contributed by atoms with Crippen LogP contribution in [0.1, 0.15) is 49.7 Å². The Labute approximate surface area is 198 Å². The molecule has 9 heteroatoms. The number of aliphatic hydroxyl groups excluding tert-OH is 1. The van der Waals surface area contributed by atoms with Crippen molar-refractivity contribution in [1.82, 2.24) is 19.7 Å². The van der Waals surface area contributed by atoms with Gasteiger partial charge in [-0.3, -0.25) is 4.90 Å². The van der Waals surface area contributed by atoms with Crippen LogP contribution in [0.25, 0.3) is 5.69 Å². The minimum atomic E-state index is -4.33. The number of likely N-dealkylation sites (tertiary alicyclic amines) is 2. The topological polar surface area (TPSA) is 60.7 Å². The molecule has 2 aliphatic rings. The van der Waals surface area contributed by atoms with Crippen LogP contribution in [0, 0.1) is 0 Å². The van der Waals surface area contributed by atoms with Crippen LogP contribution in [-0.4, -0.2) is 63.8 Å². The minimum Gasteiger partial charge on any atom is -0.396 e. The van der Waals surface area contributed by atoms with Crippen LogP contribution < -0.4 is 5.32 Å². The smallest absolute Gasteiger partial charge is 0.396 e. The van der Waals surface area contributed by atoms with Gasteiger partial charge in [-0.25, -0.2) is 4.79 Å². The molecule has 1 unspecified atom stereocenters. The maximum absolute atomic E-state index is 12.8. The first-order valence-electron chi connectivity index (χ1n) is 12.1. The maximum Gasteiger partial charge on any atom is 0.416 e. The Hall–Kier alpha value is -2.52. The fourth-order valence-corrected chi connectivity index (χ4v) is 4.99. The number of urea groups is 1. The van der Waals surface area contributed by atoms with Gasteiger partial charge >= 0.3 is 12.2 Å². The molecule has 2 saturated heterocycles. The molecule has 2 N–H and O–H groups in total. The molecule has 0 bridgehead atoms. The number of nitrogens with zero attached hydrogens (tertiary/aromatic N) is 3. The van der Waals surface area contributed by atoms with E-state index in [0.717, 1.165) is 76.0 Å². The summed E-state index contributed by atoms with van der Waals surface area (Å²) < 4.78 is 40.2. The van der Waals surface area contributed by atoms with Crippen LogP contribution in [-0.2, 0) is 12.7 Å². The number of aliphatic hydroxyl groups is 1. The number of hydrogen-bond donors (Lipinski definition) is 2. The summed E-state index contributed by atoms with van der Waals surface area (Å²) in [4.78, 5) is 17.0. The van der Waals surface area contributed by atoms with Crippen molar-refractivity contribution in [3.63, 3.8) is 0 Å². The van der Waals surface area contributed by atoms with Crippen molar-refractivity contribution < 1.29 is 23.1 Å². The Kier molecular flexibility index (Phi) is 7.83. The summed E-state index contributed by atoms with van der Waals surface area (Å²) in [5.41, 5.74) is 1.14. The Bertz CT molecular complexity index is 934. The van der Waals surface area contributed by atoms with E-state index in [1.54, 1.807) is 0 Å². The summed E-state index contributed by atoms with van der Waals surface area (Å²) in [6.45, 7) is 3.37. The lowest BCUT2D eigenvalue weighted by atomic mass is 10.00. The molecule has 0 saturated carbocycles. The number of carbonyl (C=O) groups is 1. The van der Waals surface area contributed by atoms with Gasteiger partial charge in [0.15, 0.2) is 0 Å². The van der Waals surface area contributed by atoms with E-state index in [1.165, 1.54) is 12.1 Å². The van der Waals surface area contributed by atoms with E-state index in [0.29, 0.717) is 12.1 Å². The van der Waals surface area contributed by atoms with Gasteiger partial charge in [-0.15, -0.1) is 0 Å². The first kappa shape index (κ1) is 24.6. The average Bonchev–Trinajstić information content (AvgIpc) is 3.29. The van der Waals surface area contributed by atoms with Gasteiger partial charge in [0.05, 0.1) is 5.56 Å². The van der Waals surface area contributed by atoms with E-state index < -0.39 is 11.7 Å². The second-order valence-corrected chi connectivity index (χ2v) is 9.33. The molecule has 6 nitrogen and oxygen atoms in total. The Morgan fingerprint density at radius 2 is 1.76 bits per heavy atom. The van der Waals surface area contributed by atoms with Gasteiger partial charge in [-0.2, -0.15) is 13.2 Å². The largest absolute Gasteiger partial charge is 0.416 e. The minimum absolute atomic E-state index is 0.00906. The van der Waals surface area contributed by atoms with Crippen LogP contribution >= 0.6 is 0 Å². The Morgan fingerprint density at radius 1 is 1.03 bits per heavy atom. The first-order valence-corrected chi connectivity index (χ1v) is 12.1. The zero-order valence-corrected chi connectivity index (χ0v) is 19.3. The predicted octanol–water partition coefficient (Wildman–Crippen LogP) is 4.41. The molecule has 186 valence electrons. The molecule has 34 heavy (non-hydrogen) atoms. The molecule has 0 radical (unpaired) electrons. The number of piperidine rings is 2. The molecular weight excluding hydrogens is 445 g/mol. The molecule has 2 aliphatic heterocycles. The van der Waals surface area contributed by atoms with E-state index in [9.17, 15) is 23.1 Å². The lowest BCUT2D eigenvalue weighted by Crippen LogP contribution is -2.53. The zero-order valence-electron chi connectivity index (χ0n) is 19.3. The standard InChI is InChI=1S/C25H33F3N4O2/c26-25(27,28)20-4-6-22(7-5-20)31-15-8-19(18-31)17-30-13-9-21(10-14-30)29-24(34)32-12-2-1-3-23(32)11-16-33/h4-8,15,18,21,23,33H,1-3,9-14,16-17H2,(H,29,34). The normalized spacial score (nSPS) is 20.5. The third-order valence-corrected chi connectivity index (χ3v) is 6.92. The molecule has 1 aromatic carbocycles. The van der Waals surface area contributed by atoms with Gasteiger partial charge in [0.1, 0.15) is 0 Å². The van der Waals surface area contributed by atoms with Crippen molar-refractivity contribution in [1.29, 1.82) is 0 Å². The van der Waals surface area contributed by atoms with Crippen molar-refractivity contribution in [3.8, 4) is 5.69 Å². The summed E-state index contributed by atoms with van der Waals surface area (Å²) in [5, 5.41) is 12.5. The van der Waals surface area contributed by atoms with Gasteiger partial charge in [0, 0.05) is 63.0 Å². The highest BCUT2D eigenvalue weighted by molar-refractivity contribution is 5.75. The van der Waals surface area contributed by atoms with E-state index in [-0.39, 0.29) is 24.7 Å². The second kappa shape index (κ2) is 10.8. The first-order chi connectivity index (χ1) is 16.3. The molecule has 2 amide bonds. The van der Waals surface area contributed by atoms with Crippen LogP contribution in [0.5, 0.6) is 0 Å². The molecular formula is C25H33F3N4O2. The van der Waals surface area contributed by atoms with Gasteiger partial charge in [0.2, 0.25) is 0 Å². The van der Waals surface area contributed by atoms with E-state index >= 15 is 0 Å². The highest BCUT2D eigenvalue weighted by Crippen LogP contribution is 2.29. The average molecular weight is 479 g/mol. The third-order valence-electron chi connectivity index (χ3n) is 6.92. The Morgan fingerprint density at radius 3 is 2.44 bits per heavy atom. The van der Waals surface area contributed by atoms with Gasteiger partial charge in [-0.05, 0) is 74.4 Å². The second-order valence-electron chi connectivity index (χ2n) is 9.33. The van der Waals surface area contributed by atoms with Crippen molar-refractivity contribution >= 4 is 6.03 Å². The van der Waals surface area contributed by atoms with Gasteiger partial charge in [0.25, 0.3) is 0 Å². The summed E-state index contributed by atoms with van der Waals surface area (Å²) in [6, 6.07) is 7.43. The van der Waals surface area contributed by atoms with Crippen molar-refractivity contribution in [2.75, 3.05) is 26.2 Å². The van der Waals surface area contributed by atoms with Crippen LogP contribution in [0.4, 0.5) is 18.0 Å². The van der Waals surface area contributed by atoms with Crippen molar-refractivity contribution in [3.05, 3.63) is 53.9 Å². The van der Waals surface area contributed by atoms with E-state index in [2.05, 4.69) is 10.2 Å². The number of nitrogens with one attached hydrogen (secondary N) is 1. The molecule has 1 aromatic heterocycles. The summed E-state index contributed by atoms with van der Waals surface area (Å²) in [6.07, 6.45) is 4.96. The van der Waals surface area contributed by atoms with E-state index in [4.69, 9.17) is 0 Å². The van der Waals surface area contributed by atoms with E-state index in [1.807, 2.05) is 27.9 Å². The Balaban J connectivity index is 1.25. The molecule has 4 rings (SSSR count). The monoisotopic (exact) mass is 478 g/mol. The lowest BCUT2D eigenvalue weighted by molar-refractivity contribution is -0.137. The molecule has 3 heterocycles. The summed E-state index contributed by atoms with van der Waals surface area (Å²) in [5.74, 6) is 0. The van der Waals surface area contributed by atoms with Gasteiger partial charge in [-0.1, -0.05) is 0 Å². The maximum atomic E-state index is 12.8. The highest BCUT2D eigenvalue weighted by atomic mass is 19.4. The molecule has 2 aromatic rings. The number of aromatic nitrogens is 1. The number of hydrogen-bond acceptors (Lipinski definition) is 3. The SMILES string of the molecule is O=C(NC1CCN(Cc2ccn(-c3ccc(C(F)(F)F)cc3)c2)CC1)N1CCCCC1CCO. The van der Waals surface area contributed by atoms with Crippen LogP contribution in [0.3, 0.4) is 0 Å². The highest BCUT2D eigenvalue weighted by Gasteiger charge is 2.30. The van der Waals surface area contributed by atoms with Crippen LogP contribution in [0.15, 0.2) is 42.7 Å².